The van der Waals surface area contributed by atoms with Crippen molar-refractivity contribution in [1.29, 1.82) is 0 Å². The Morgan fingerprint density at radius 1 is 1.06 bits per heavy atom. The molecule has 1 aromatic carbocycles. The summed E-state index contributed by atoms with van der Waals surface area (Å²) in [6.45, 7) is 3.72. The minimum Gasteiger partial charge on any atom is -0.342 e. The van der Waals surface area contributed by atoms with E-state index < -0.39 is 0 Å². The van der Waals surface area contributed by atoms with Crippen LogP contribution in [0, 0.1) is 6.92 Å². The molecule has 1 aliphatic carbocycles. The van der Waals surface area contributed by atoms with Crippen molar-refractivity contribution < 1.29 is 4.79 Å². The monoisotopic (exact) mass is 453 g/mol. The summed E-state index contributed by atoms with van der Waals surface area (Å²) in [7, 11) is 0. The number of thioether (sulfide) groups is 1. The number of amides is 1. The fourth-order valence-electron chi connectivity index (χ4n) is 4.57. The molecule has 0 saturated carbocycles. The Bertz CT molecular complexity index is 1170. The largest absolute Gasteiger partial charge is 0.342 e. The summed E-state index contributed by atoms with van der Waals surface area (Å²) in [4.78, 5) is 35.5. The lowest BCUT2D eigenvalue weighted by Gasteiger charge is -2.26. The van der Waals surface area contributed by atoms with Crippen LogP contribution >= 0.6 is 23.1 Å². The molecule has 0 bridgehead atoms. The van der Waals surface area contributed by atoms with Gasteiger partial charge in [0, 0.05) is 18.0 Å². The van der Waals surface area contributed by atoms with Crippen molar-refractivity contribution in [2.24, 2.45) is 0 Å². The van der Waals surface area contributed by atoms with Gasteiger partial charge < -0.3 is 4.90 Å². The summed E-state index contributed by atoms with van der Waals surface area (Å²) >= 11 is 3.05. The van der Waals surface area contributed by atoms with Gasteiger partial charge >= 0.3 is 0 Å². The highest BCUT2D eigenvalue weighted by molar-refractivity contribution is 7.99. The summed E-state index contributed by atoms with van der Waals surface area (Å²) < 4.78 is 1.72. The third-order valence-corrected chi connectivity index (χ3v) is 8.39. The maximum absolute atomic E-state index is 13.7. The van der Waals surface area contributed by atoms with Crippen LogP contribution in [0.15, 0.2) is 34.2 Å². The third-order valence-electron chi connectivity index (χ3n) is 6.28. The van der Waals surface area contributed by atoms with Crippen LogP contribution in [0.5, 0.6) is 0 Å². The molecule has 0 N–H and O–H groups in total. The fraction of sp³-hybridized carbons (Fsp3) is 0.458. The first-order chi connectivity index (χ1) is 15.1. The second kappa shape index (κ2) is 8.79. The van der Waals surface area contributed by atoms with E-state index >= 15 is 0 Å². The lowest BCUT2D eigenvalue weighted by Crippen LogP contribution is -2.36. The molecule has 0 spiro atoms. The maximum Gasteiger partial charge on any atom is 0.267 e. The number of nitrogens with zero attached hydrogens (tertiary/aromatic N) is 3. The van der Waals surface area contributed by atoms with Crippen LogP contribution in [-0.4, -0.2) is 39.2 Å². The quantitative estimate of drug-likeness (QED) is 0.423. The highest BCUT2D eigenvalue weighted by atomic mass is 32.2. The number of benzene rings is 1. The van der Waals surface area contributed by atoms with Gasteiger partial charge in [-0.05, 0) is 69.6 Å². The topological polar surface area (TPSA) is 55.2 Å². The van der Waals surface area contributed by atoms with Gasteiger partial charge in [-0.1, -0.05) is 29.5 Å². The SMILES string of the molecule is Cc1ccc(-n2c(SCC(=O)N3CCCCC3)nc3sc4c(c3c2=O)CCCC4)cc1. The lowest BCUT2D eigenvalue weighted by molar-refractivity contribution is -0.129. The Labute approximate surface area is 190 Å². The zero-order valence-electron chi connectivity index (χ0n) is 17.9. The Kier molecular flexibility index (Phi) is 5.89. The van der Waals surface area contributed by atoms with E-state index in [2.05, 4.69) is 0 Å². The number of carbonyl (C=O) groups excluding carboxylic acids is 1. The highest BCUT2D eigenvalue weighted by Crippen LogP contribution is 2.35. The molecule has 0 atom stereocenters. The number of aryl methyl sites for hydroxylation is 3. The highest BCUT2D eigenvalue weighted by Gasteiger charge is 2.24. The number of hydrogen-bond acceptors (Lipinski definition) is 5. The van der Waals surface area contributed by atoms with E-state index in [1.54, 1.807) is 15.9 Å². The number of carbonyl (C=O) groups is 1. The van der Waals surface area contributed by atoms with Crippen LogP contribution in [0.4, 0.5) is 0 Å². The van der Waals surface area contributed by atoms with Gasteiger partial charge in [0.1, 0.15) is 4.83 Å². The summed E-state index contributed by atoms with van der Waals surface area (Å²) in [5, 5.41) is 1.40. The molecular weight excluding hydrogens is 426 g/mol. The molecule has 31 heavy (non-hydrogen) atoms. The molecule has 0 unspecified atom stereocenters. The van der Waals surface area contributed by atoms with Gasteiger partial charge in [0.15, 0.2) is 5.16 Å². The van der Waals surface area contributed by atoms with Crippen molar-refractivity contribution >= 4 is 39.2 Å². The van der Waals surface area contributed by atoms with Crippen molar-refractivity contribution in [1.82, 2.24) is 14.5 Å². The minimum absolute atomic E-state index is 0.00109. The molecule has 162 valence electrons. The molecule has 5 nitrogen and oxygen atoms in total. The van der Waals surface area contributed by atoms with Gasteiger partial charge in [0.25, 0.3) is 5.56 Å². The van der Waals surface area contributed by atoms with E-state index in [1.165, 1.54) is 35.0 Å². The molecule has 2 aliphatic rings. The molecule has 5 rings (SSSR count). The summed E-state index contributed by atoms with van der Waals surface area (Å²) in [6.07, 6.45) is 7.66. The number of hydrogen-bond donors (Lipinski definition) is 0. The maximum atomic E-state index is 13.7. The summed E-state index contributed by atoms with van der Waals surface area (Å²) in [6, 6.07) is 7.98. The first-order valence-electron chi connectivity index (χ1n) is 11.2. The van der Waals surface area contributed by atoms with E-state index in [0.29, 0.717) is 10.9 Å². The zero-order valence-corrected chi connectivity index (χ0v) is 19.5. The molecule has 3 aromatic rings. The molecule has 0 radical (unpaired) electrons. The van der Waals surface area contributed by atoms with Crippen molar-refractivity contribution in [3.05, 3.63) is 50.6 Å². The lowest BCUT2D eigenvalue weighted by atomic mass is 9.97. The molecule has 1 fully saturated rings. The van der Waals surface area contributed by atoms with Gasteiger partial charge in [-0.15, -0.1) is 11.3 Å². The molecule has 2 aromatic heterocycles. The van der Waals surface area contributed by atoms with Crippen molar-refractivity contribution in [3.8, 4) is 5.69 Å². The Hall–Kier alpha value is -2.12. The van der Waals surface area contributed by atoms with Gasteiger partial charge in [-0.25, -0.2) is 4.98 Å². The average molecular weight is 454 g/mol. The third kappa shape index (κ3) is 4.05. The number of piperidine rings is 1. The van der Waals surface area contributed by atoms with Crippen molar-refractivity contribution in [2.45, 2.75) is 57.0 Å². The van der Waals surface area contributed by atoms with Crippen LogP contribution in [0.3, 0.4) is 0 Å². The van der Waals surface area contributed by atoms with Crippen molar-refractivity contribution in [3.63, 3.8) is 0 Å². The van der Waals surface area contributed by atoms with E-state index in [9.17, 15) is 9.59 Å². The van der Waals surface area contributed by atoms with E-state index in [4.69, 9.17) is 4.98 Å². The predicted molar refractivity (Wildman–Crippen MR) is 128 cm³/mol. The van der Waals surface area contributed by atoms with Gasteiger partial charge in [-0.3, -0.25) is 14.2 Å². The van der Waals surface area contributed by atoms with E-state index in [0.717, 1.165) is 66.7 Å². The number of rotatable bonds is 4. The fourth-order valence-corrected chi connectivity index (χ4v) is 6.78. The average Bonchev–Trinajstić information content (AvgIpc) is 3.17. The van der Waals surface area contributed by atoms with Crippen LogP contribution in [0.2, 0.25) is 0 Å². The second-order valence-electron chi connectivity index (χ2n) is 8.49. The normalized spacial score (nSPS) is 16.5. The van der Waals surface area contributed by atoms with E-state index in [1.807, 2.05) is 36.1 Å². The van der Waals surface area contributed by atoms with Gasteiger partial charge in [0.2, 0.25) is 5.91 Å². The predicted octanol–water partition coefficient (Wildman–Crippen LogP) is 4.74. The van der Waals surface area contributed by atoms with Crippen LogP contribution in [0.1, 0.15) is 48.1 Å². The number of fused-ring (bicyclic) bond motifs is 3. The first kappa shape index (κ1) is 20.8. The zero-order chi connectivity index (χ0) is 21.4. The van der Waals surface area contributed by atoms with Crippen molar-refractivity contribution in [2.75, 3.05) is 18.8 Å². The van der Waals surface area contributed by atoms with E-state index in [-0.39, 0.29) is 11.5 Å². The van der Waals surface area contributed by atoms with Gasteiger partial charge in [0.05, 0.1) is 16.8 Å². The molecule has 1 aliphatic heterocycles. The Morgan fingerprint density at radius 2 is 1.81 bits per heavy atom. The van der Waals surface area contributed by atoms with Gasteiger partial charge in [-0.2, -0.15) is 0 Å². The molecule has 1 saturated heterocycles. The minimum atomic E-state index is 0.00109. The Balaban J connectivity index is 1.56. The smallest absolute Gasteiger partial charge is 0.267 e. The second-order valence-corrected chi connectivity index (χ2v) is 10.5. The molecular formula is C24H27N3O2S2. The molecule has 1 amide bonds. The number of likely N-dealkylation sites (tertiary alicyclic amines) is 1. The summed E-state index contributed by atoms with van der Waals surface area (Å²) in [5.41, 5.74) is 3.16. The molecule has 3 heterocycles. The molecule has 7 heteroatoms. The first-order valence-corrected chi connectivity index (χ1v) is 13.0. The standard InChI is InChI=1S/C24H27N3O2S2/c1-16-9-11-17(12-10-16)27-23(29)21-18-7-3-4-8-19(18)31-22(21)25-24(27)30-15-20(28)26-13-5-2-6-14-26/h9-12H,2-8,13-15H2,1H3. The Morgan fingerprint density at radius 3 is 2.58 bits per heavy atom. The van der Waals surface area contributed by atoms with Crippen LogP contribution < -0.4 is 5.56 Å². The summed E-state index contributed by atoms with van der Waals surface area (Å²) in [5.74, 6) is 0.453. The van der Waals surface area contributed by atoms with Crippen LogP contribution in [-0.2, 0) is 17.6 Å². The van der Waals surface area contributed by atoms with Crippen LogP contribution in [0.25, 0.3) is 15.9 Å². The number of thiophene rings is 1. The number of aromatic nitrogens is 2.